The van der Waals surface area contributed by atoms with Gasteiger partial charge >= 0.3 is 6.18 Å². The second kappa shape index (κ2) is 7.23. The standard InChI is InChI=1S/C19H13F3N2O3S/c20-19(21,22)13-4-1-11(2-5-13)8-16-17(25)24-18(28-16)23-9-12-3-6-14-15(7-12)27-10-26-14/h1-8H,9-10H2,(H,23,24,25). The van der Waals surface area contributed by atoms with Crippen LogP contribution in [0.2, 0.25) is 0 Å². The summed E-state index contributed by atoms with van der Waals surface area (Å²) in [4.78, 5) is 16.8. The van der Waals surface area contributed by atoms with Gasteiger partial charge in [0, 0.05) is 0 Å². The van der Waals surface area contributed by atoms with Crippen molar-refractivity contribution in [2.75, 3.05) is 6.79 Å². The number of halogens is 3. The van der Waals surface area contributed by atoms with E-state index in [9.17, 15) is 18.0 Å². The van der Waals surface area contributed by atoms with Crippen molar-refractivity contribution in [3.63, 3.8) is 0 Å². The quantitative estimate of drug-likeness (QED) is 0.777. The maximum atomic E-state index is 12.6. The average molecular weight is 406 g/mol. The molecule has 5 nitrogen and oxygen atoms in total. The van der Waals surface area contributed by atoms with Crippen molar-refractivity contribution in [1.29, 1.82) is 0 Å². The van der Waals surface area contributed by atoms with Crippen LogP contribution in [-0.4, -0.2) is 17.9 Å². The molecule has 0 aliphatic carbocycles. The summed E-state index contributed by atoms with van der Waals surface area (Å²) in [6.07, 6.45) is -2.86. The van der Waals surface area contributed by atoms with E-state index in [4.69, 9.17) is 9.47 Å². The number of amidine groups is 1. The fourth-order valence-electron chi connectivity index (χ4n) is 2.62. The molecule has 1 saturated heterocycles. The molecule has 0 aromatic heterocycles. The molecule has 1 fully saturated rings. The molecule has 2 aliphatic heterocycles. The van der Waals surface area contributed by atoms with E-state index in [1.54, 1.807) is 6.07 Å². The Labute approximate surface area is 162 Å². The molecule has 1 amide bonds. The number of nitrogens with zero attached hydrogens (tertiary/aromatic N) is 1. The third-order valence-electron chi connectivity index (χ3n) is 4.03. The SMILES string of the molecule is O=C1NC(=NCc2ccc3c(c2)OCO3)SC1=Cc1ccc(C(F)(F)F)cc1. The molecule has 0 radical (unpaired) electrons. The van der Waals surface area contributed by atoms with Crippen LogP contribution in [0.5, 0.6) is 11.5 Å². The Morgan fingerprint density at radius 2 is 1.86 bits per heavy atom. The van der Waals surface area contributed by atoms with Crippen LogP contribution in [-0.2, 0) is 17.5 Å². The normalized spacial score (nSPS) is 18.8. The summed E-state index contributed by atoms with van der Waals surface area (Å²) in [5.41, 5.74) is 0.665. The summed E-state index contributed by atoms with van der Waals surface area (Å²) in [6.45, 7) is 0.532. The Kier molecular flexibility index (Phi) is 4.76. The van der Waals surface area contributed by atoms with E-state index in [1.165, 1.54) is 18.2 Å². The summed E-state index contributed by atoms with van der Waals surface area (Å²) >= 11 is 1.14. The lowest BCUT2D eigenvalue weighted by molar-refractivity contribution is -0.137. The van der Waals surface area contributed by atoms with Gasteiger partial charge in [-0.3, -0.25) is 9.79 Å². The lowest BCUT2D eigenvalue weighted by atomic mass is 10.1. The number of thioether (sulfide) groups is 1. The Morgan fingerprint density at radius 1 is 1.11 bits per heavy atom. The fourth-order valence-corrected chi connectivity index (χ4v) is 3.44. The predicted molar refractivity (Wildman–Crippen MR) is 98.9 cm³/mol. The zero-order chi connectivity index (χ0) is 19.7. The molecule has 28 heavy (non-hydrogen) atoms. The minimum atomic E-state index is -4.39. The number of alkyl halides is 3. The molecule has 0 bridgehead atoms. The molecule has 0 saturated carbocycles. The first kappa shape index (κ1) is 18.4. The molecule has 2 aromatic rings. The molecular formula is C19H13F3N2O3S. The summed E-state index contributed by atoms with van der Waals surface area (Å²) in [5, 5.41) is 3.08. The van der Waals surface area contributed by atoms with Crippen LogP contribution in [0, 0.1) is 0 Å². The zero-order valence-electron chi connectivity index (χ0n) is 14.2. The summed E-state index contributed by atoms with van der Waals surface area (Å²) in [5.74, 6) is 1.000. The molecule has 2 aliphatic rings. The van der Waals surface area contributed by atoms with E-state index in [1.807, 2.05) is 12.1 Å². The number of ether oxygens (including phenoxy) is 2. The molecule has 144 valence electrons. The van der Waals surface area contributed by atoms with Crippen molar-refractivity contribution in [2.45, 2.75) is 12.7 Å². The number of carbonyl (C=O) groups excluding carboxylic acids is 1. The smallest absolute Gasteiger partial charge is 0.416 e. The van der Waals surface area contributed by atoms with Crippen LogP contribution in [0.1, 0.15) is 16.7 Å². The lowest BCUT2D eigenvalue weighted by Crippen LogP contribution is -2.19. The van der Waals surface area contributed by atoms with Gasteiger partial charge in [-0.25, -0.2) is 0 Å². The zero-order valence-corrected chi connectivity index (χ0v) is 15.1. The average Bonchev–Trinajstić information content (AvgIpc) is 3.26. The Balaban J connectivity index is 1.44. The summed E-state index contributed by atoms with van der Waals surface area (Å²) < 4.78 is 48.4. The summed E-state index contributed by atoms with van der Waals surface area (Å²) in [6, 6.07) is 10.1. The first-order chi connectivity index (χ1) is 13.4. The van der Waals surface area contributed by atoms with Gasteiger partial charge in [0.25, 0.3) is 5.91 Å². The minimum absolute atomic E-state index is 0.192. The second-order valence-corrected chi connectivity index (χ2v) is 7.02. The number of rotatable bonds is 3. The highest BCUT2D eigenvalue weighted by Crippen LogP contribution is 2.33. The largest absolute Gasteiger partial charge is 0.454 e. The first-order valence-electron chi connectivity index (χ1n) is 8.20. The topological polar surface area (TPSA) is 59.9 Å². The highest BCUT2D eigenvalue weighted by molar-refractivity contribution is 8.18. The molecule has 0 atom stereocenters. The highest BCUT2D eigenvalue weighted by atomic mass is 32.2. The van der Waals surface area contributed by atoms with Gasteiger partial charge in [0.05, 0.1) is 17.0 Å². The van der Waals surface area contributed by atoms with Crippen molar-refractivity contribution in [3.8, 4) is 11.5 Å². The molecule has 2 aromatic carbocycles. The molecule has 0 spiro atoms. The number of hydrogen-bond acceptors (Lipinski definition) is 5. The Hall–Kier alpha value is -2.94. The maximum absolute atomic E-state index is 12.6. The first-order valence-corrected chi connectivity index (χ1v) is 9.01. The molecule has 9 heteroatoms. The number of nitrogens with one attached hydrogen (secondary N) is 1. The maximum Gasteiger partial charge on any atom is 0.416 e. The van der Waals surface area contributed by atoms with E-state index < -0.39 is 11.7 Å². The molecular weight excluding hydrogens is 393 g/mol. The van der Waals surface area contributed by atoms with Gasteiger partial charge in [-0.2, -0.15) is 13.2 Å². The number of fused-ring (bicyclic) bond motifs is 1. The van der Waals surface area contributed by atoms with E-state index >= 15 is 0 Å². The van der Waals surface area contributed by atoms with Gasteiger partial charge in [-0.1, -0.05) is 18.2 Å². The highest BCUT2D eigenvalue weighted by Gasteiger charge is 2.30. The van der Waals surface area contributed by atoms with Crippen LogP contribution in [0.3, 0.4) is 0 Å². The van der Waals surface area contributed by atoms with Crippen LogP contribution >= 0.6 is 11.8 Å². The lowest BCUT2D eigenvalue weighted by Gasteiger charge is -2.06. The molecule has 4 rings (SSSR count). The molecule has 1 N–H and O–H groups in total. The van der Waals surface area contributed by atoms with E-state index in [0.29, 0.717) is 33.7 Å². The van der Waals surface area contributed by atoms with Crippen molar-refractivity contribution in [3.05, 3.63) is 64.1 Å². The number of benzene rings is 2. The third kappa shape index (κ3) is 3.99. The van der Waals surface area contributed by atoms with Crippen molar-refractivity contribution >= 4 is 28.9 Å². The second-order valence-electron chi connectivity index (χ2n) is 5.99. The molecule has 0 unspecified atom stereocenters. The van der Waals surface area contributed by atoms with Gasteiger partial charge in [0.15, 0.2) is 16.7 Å². The van der Waals surface area contributed by atoms with Crippen LogP contribution < -0.4 is 14.8 Å². The van der Waals surface area contributed by atoms with E-state index in [-0.39, 0.29) is 12.7 Å². The van der Waals surface area contributed by atoms with E-state index in [0.717, 1.165) is 29.5 Å². The van der Waals surface area contributed by atoms with Crippen LogP contribution in [0.4, 0.5) is 13.2 Å². The van der Waals surface area contributed by atoms with Gasteiger partial charge in [0.1, 0.15) is 0 Å². The predicted octanol–water partition coefficient (Wildman–Crippen LogP) is 4.19. The van der Waals surface area contributed by atoms with Crippen molar-refractivity contribution in [2.24, 2.45) is 4.99 Å². The van der Waals surface area contributed by atoms with Gasteiger partial charge in [-0.15, -0.1) is 0 Å². The van der Waals surface area contributed by atoms with Gasteiger partial charge in [-0.05, 0) is 53.2 Å². The van der Waals surface area contributed by atoms with Crippen molar-refractivity contribution in [1.82, 2.24) is 5.32 Å². The monoisotopic (exact) mass is 406 g/mol. The fraction of sp³-hybridized carbons (Fsp3) is 0.158. The van der Waals surface area contributed by atoms with Crippen LogP contribution in [0.15, 0.2) is 52.4 Å². The number of hydrogen-bond donors (Lipinski definition) is 1. The molecule has 2 heterocycles. The number of amides is 1. The minimum Gasteiger partial charge on any atom is -0.454 e. The van der Waals surface area contributed by atoms with E-state index in [2.05, 4.69) is 10.3 Å². The van der Waals surface area contributed by atoms with Gasteiger partial charge < -0.3 is 14.8 Å². The number of carbonyl (C=O) groups is 1. The summed E-state index contributed by atoms with van der Waals surface area (Å²) in [7, 11) is 0. The Bertz CT molecular complexity index is 985. The van der Waals surface area contributed by atoms with Crippen molar-refractivity contribution < 1.29 is 27.4 Å². The van der Waals surface area contributed by atoms with Crippen LogP contribution in [0.25, 0.3) is 6.08 Å². The Morgan fingerprint density at radius 3 is 2.61 bits per heavy atom. The van der Waals surface area contributed by atoms with Gasteiger partial charge in [0.2, 0.25) is 6.79 Å². The number of aliphatic imine (C=N–C) groups is 1. The third-order valence-corrected chi connectivity index (χ3v) is 4.98.